The van der Waals surface area contributed by atoms with Crippen LogP contribution in [0.25, 0.3) is 0 Å². The molecule has 38 valence electrons. The fraction of sp³-hybridized carbons (Fsp3) is 1.00. The highest BCUT2D eigenvalue weighted by Crippen LogP contribution is 2.02. The summed E-state index contributed by atoms with van der Waals surface area (Å²) < 4.78 is 0. The molecule has 2 atom stereocenters. The molecule has 6 heavy (non-hydrogen) atoms. The minimum atomic E-state index is 0.861. The molecule has 0 rings (SSSR count). The Kier molecular flexibility index (Phi) is 4.61. The molecular formula is C4H12P2. The maximum Gasteiger partial charge on any atom is -0.0352 e. The van der Waals surface area contributed by atoms with Gasteiger partial charge in [-0.2, -0.15) is 0 Å². The van der Waals surface area contributed by atoms with Crippen LogP contribution in [0, 0.1) is 5.92 Å². The molecule has 0 N–H and O–H groups in total. The molecule has 0 radical (unpaired) electrons. The normalized spacial score (nSPS) is 10.0. The first-order valence-electron chi connectivity index (χ1n) is 2.21. The van der Waals surface area contributed by atoms with Crippen molar-refractivity contribution in [3.8, 4) is 0 Å². The van der Waals surface area contributed by atoms with E-state index in [0.29, 0.717) is 0 Å². The SMILES string of the molecule is CC(CP)CP. The summed E-state index contributed by atoms with van der Waals surface area (Å²) in [4.78, 5) is 0. The predicted octanol–water partition coefficient (Wildman–Crippen LogP) is 1.37. The maximum atomic E-state index is 2.73. The van der Waals surface area contributed by atoms with Crippen molar-refractivity contribution >= 4 is 18.5 Å². The molecular weight excluding hydrogens is 110 g/mol. The van der Waals surface area contributed by atoms with Crippen LogP contribution in [-0.4, -0.2) is 12.3 Å². The van der Waals surface area contributed by atoms with Gasteiger partial charge in [0.05, 0.1) is 0 Å². The van der Waals surface area contributed by atoms with E-state index in [4.69, 9.17) is 0 Å². The Morgan fingerprint density at radius 1 is 1.33 bits per heavy atom. The minimum Gasteiger partial charge on any atom is -0.137 e. The molecule has 0 saturated heterocycles. The molecule has 0 bridgehead atoms. The zero-order chi connectivity index (χ0) is 4.99. The predicted molar refractivity (Wildman–Crippen MR) is 38.3 cm³/mol. The van der Waals surface area contributed by atoms with E-state index in [2.05, 4.69) is 25.4 Å². The van der Waals surface area contributed by atoms with Gasteiger partial charge >= 0.3 is 0 Å². The molecule has 0 aliphatic rings. The van der Waals surface area contributed by atoms with Gasteiger partial charge in [-0.25, -0.2) is 0 Å². The lowest BCUT2D eigenvalue weighted by Crippen LogP contribution is -1.93. The summed E-state index contributed by atoms with van der Waals surface area (Å²) in [5.74, 6) is 0.861. The molecule has 0 fully saturated rings. The summed E-state index contributed by atoms with van der Waals surface area (Å²) in [5.41, 5.74) is 0. The van der Waals surface area contributed by atoms with E-state index >= 15 is 0 Å². The van der Waals surface area contributed by atoms with Crippen LogP contribution in [0.2, 0.25) is 0 Å². The van der Waals surface area contributed by atoms with E-state index in [-0.39, 0.29) is 0 Å². The van der Waals surface area contributed by atoms with E-state index in [1.807, 2.05) is 0 Å². The van der Waals surface area contributed by atoms with E-state index in [0.717, 1.165) is 5.92 Å². The molecule has 0 aromatic carbocycles. The van der Waals surface area contributed by atoms with Crippen LogP contribution in [-0.2, 0) is 0 Å². The van der Waals surface area contributed by atoms with Gasteiger partial charge in [0.1, 0.15) is 0 Å². The van der Waals surface area contributed by atoms with Gasteiger partial charge in [-0.1, -0.05) is 6.92 Å². The van der Waals surface area contributed by atoms with Crippen molar-refractivity contribution < 1.29 is 0 Å². The zero-order valence-corrected chi connectivity index (χ0v) is 6.46. The first-order chi connectivity index (χ1) is 2.81. The number of rotatable bonds is 2. The molecule has 0 aromatic heterocycles. The van der Waals surface area contributed by atoms with Crippen molar-refractivity contribution in [1.29, 1.82) is 0 Å². The van der Waals surface area contributed by atoms with Gasteiger partial charge in [0.15, 0.2) is 0 Å². The largest absolute Gasteiger partial charge is 0.137 e. The Hall–Kier alpha value is 0.860. The Labute approximate surface area is 44.5 Å². The maximum absolute atomic E-state index is 2.73. The van der Waals surface area contributed by atoms with Gasteiger partial charge < -0.3 is 0 Å². The highest BCUT2D eigenvalue weighted by molar-refractivity contribution is 7.17. The van der Waals surface area contributed by atoms with Crippen molar-refractivity contribution in [1.82, 2.24) is 0 Å². The second-order valence-corrected chi connectivity index (χ2v) is 2.52. The second-order valence-electron chi connectivity index (χ2n) is 1.58. The fourth-order valence-electron chi connectivity index (χ4n) is 0.0962. The second kappa shape index (κ2) is 4.03. The van der Waals surface area contributed by atoms with Crippen LogP contribution >= 0.6 is 18.5 Å². The molecule has 0 aromatic rings. The fourth-order valence-corrected chi connectivity index (χ4v) is 0.866. The standard InChI is InChI=1S/C4H12P2/c1-4(2-5)3-6/h4H,2-3,5-6H2,1H3. The quantitative estimate of drug-likeness (QED) is 0.485. The van der Waals surface area contributed by atoms with Gasteiger partial charge in [-0.15, -0.1) is 18.5 Å². The van der Waals surface area contributed by atoms with Crippen molar-refractivity contribution in [2.24, 2.45) is 5.92 Å². The van der Waals surface area contributed by atoms with Gasteiger partial charge in [-0.05, 0) is 18.2 Å². The monoisotopic (exact) mass is 122 g/mol. The van der Waals surface area contributed by atoms with E-state index in [1.165, 1.54) is 12.3 Å². The van der Waals surface area contributed by atoms with Gasteiger partial charge in [-0.3, -0.25) is 0 Å². The van der Waals surface area contributed by atoms with Crippen LogP contribution in [0.1, 0.15) is 6.92 Å². The molecule has 0 amide bonds. The lowest BCUT2D eigenvalue weighted by atomic mass is 10.3. The molecule has 0 heterocycles. The van der Waals surface area contributed by atoms with Crippen molar-refractivity contribution in [2.45, 2.75) is 6.92 Å². The molecule has 2 unspecified atom stereocenters. The summed E-state index contributed by atoms with van der Waals surface area (Å²) >= 11 is 0. The molecule has 0 aliphatic carbocycles. The lowest BCUT2D eigenvalue weighted by molar-refractivity contribution is 0.764. The van der Waals surface area contributed by atoms with Crippen molar-refractivity contribution in [2.75, 3.05) is 12.3 Å². The Morgan fingerprint density at radius 2 is 1.67 bits per heavy atom. The van der Waals surface area contributed by atoms with E-state index in [1.54, 1.807) is 0 Å². The average molecular weight is 122 g/mol. The Morgan fingerprint density at radius 3 is 1.67 bits per heavy atom. The summed E-state index contributed by atoms with van der Waals surface area (Å²) in [7, 11) is 5.45. The number of hydrogen-bond donors (Lipinski definition) is 0. The molecule has 0 aliphatic heterocycles. The molecule has 2 heteroatoms. The molecule has 0 saturated carbocycles. The third kappa shape index (κ3) is 3.07. The third-order valence-corrected chi connectivity index (χ3v) is 2.41. The summed E-state index contributed by atoms with van der Waals surface area (Å²) in [6.45, 7) is 2.24. The minimum absolute atomic E-state index is 0.861. The van der Waals surface area contributed by atoms with Gasteiger partial charge in [0, 0.05) is 0 Å². The molecule has 0 spiro atoms. The van der Waals surface area contributed by atoms with Crippen LogP contribution in [0.5, 0.6) is 0 Å². The van der Waals surface area contributed by atoms with Crippen molar-refractivity contribution in [3.05, 3.63) is 0 Å². The van der Waals surface area contributed by atoms with Crippen LogP contribution < -0.4 is 0 Å². The Balaban J connectivity index is 2.75. The van der Waals surface area contributed by atoms with Gasteiger partial charge in [0.25, 0.3) is 0 Å². The lowest BCUT2D eigenvalue weighted by Gasteiger charge is -1.98. The van der Waals surface area contributed by atoms with Gasteiger partial charge in [0.2, 0.25) is 0 Å². The molecule has 0 nitrogen and oxygen atoms in total. The summed E-state index contributed by atoms with van der Waals surface area (Å²) in [5, 5.41) is 0. The van der Waals surface area contributed by atoms with Crippen LogP contribution in [0.4, 0.5) is 0 Å². The smallest absolute Gasteiger partial charge is 0.0352 e. The Bertz CT molecular complexity index is 24.7. The van der Waals surface area contributed by atoms with Crippen LogP contribution in [0.15, 0.2) is 0 Å². The topological polar surface area (TPSA) is 0 Å². The van der Waals surface area contributed by atoms with E-state index in [9.17, 15) is 0 Å². The third-order valence-electron chi connectivity index (χ3n) is 0.805. The highest BCUT2D eigenvalue weighted by Gasteiger charge is 1.88. The first kappa shape index (κ1) is 6.86. The first-order valence-corrected chi connectivity index (χ1v) is 3.84. The van der Waals surface area contributed by atoms with E-state index < -0.39 is 0 Å². The summed E-state index contributed by atoms with van der Waals surface area (Å²) in [6, 6.07) is 0. The number of hydrogen-bond acceptors (Lipinski definition) is 0. The van der Waals surface area contributed by atoms with Crippen LogP contribution in [0.3, 0.4) is 0 Å². The summed E-state index contributed by atoms with van der Waals surface area (Å²) in [6.07, 6.45) is 2.45. The zero-order valence-electron chi connectivity index (χ0n) is 4.15. The average Bonchev–Trinajstić information content (AvgIpc) is 1.65. The van der Waals surface area contributed by atoms with Crippen molar-refractivity contribution in [3.63, 3.8) is 0 Å². The highest BCUT2D eigenvalue weighted by atomic mass is 31.0.